The first kappa shape index (κ1) is 18.6. The van der Waals surface area contributed by atoms with E-state index in [1.54, 1.807) is 31.4 Å². The smallest absolute Gasteiger partial charge is 0.344 e. The van der Waals surface area contributed by atoms with Gasteiger partial charge in [-0.15, -0.1) is 0 Å². The third-order valence-electron chi connectivity index (χ3n) is 4.93. The minimum atomic E-state index is -0.467. The highest BCUT2D eigenvalue weighted by Gasteiger charge is 2.15. The molecule has 0 unspecified atom stereocenters. The minimum absolute atomic E-state index is 0.203. The van der Waals surface area contributed by atoms with Crippen LogP contribution < -0.4 is 15.1 Å². The van der Waals surface area contributed by atoms with Crippen LogP contribution in [0, 0.1) is 6.92 Å². The lowest BCUT2D eigenvalue weighted by atomic mass is 9.97. The summed E-state index contributed by atoms with van der Waals surface area (Å²) in [7, 11) is 3.06. The molecule has 0 radical (unpaired) electrons. The molecule has 1 aromatic heterocycles. The molecule has 0 saturated carbocycles. The maximum Gasteiger partial charge on any atom is 0.344 e. The van der Waals surface area contributed by atoms with E-state index in [1.165, 1.54) is 7.11 Å². The van der Waals surface area contributed by atoms with Crippen LogP contribution in [0.15, 0.2) is 69.9 Å². The number of phenols is 1. The van der Waals surface area contributed by atoms with Gasteiger partial charge in [0, 0.05) is 11.1 Å². The summed E-state index contributed by atoms with van der Waals surface area (Å²) in [4.78, 5) is 12.6. The largest absolute Gasteiger partial charge is 0.507 e. The van der Waals surface area contributed by atoms with E-state index in [2.05, 4.69) is 0 Å². The Morgan fingerprint density at radius 1 is 0.862 bits per heavy atom. The number of rotatable bonds is 4. The fourth-order valence-electron chi connectivity index (χ4n) is 3.42. The molecule has 3 aromatic carbocycles. The van der Waals surface area contributed by atoms with Gasteiger partial charge in [0.15, 0.2) is 11.5 Å². The highest BCUT2D eigenvalue weighted by atomic mass is 16.5. The Labute approximate surface area is 167 Å². The van der Waals surface area contributed by atoms with Gasteiger partial charge >= 0.3 is 5.63 Å². The molecule has 0 saturated heterocycles. The van der Waals surface area contributed by atoms with Crippen LogP contribution >= 0.6 is 0 Å². The molecule has 0 fully saturated rings. The molecule has 29 heavy (non-hydrogen) atoms. The Morgan fingerprint density at radius 2 is 1.55 bits per heavy atom. The predicted molar refractivity (Wildman–Crippen MR) is 113 cm³/mol. The number of benzene rings is 3. The summed E-state index contributed by atoms with van der Waals surface area (Å²) >= 11 is 0. The molecule has 0 aliphatic rings. The third kappa shape index (κ3) is 3.31. The Bertz CT molecular complexity index is 1260. The molecule has 5 heteroatoms. The van der Waals surface area contributed by atoms with Gasteiger partial charge in [-0.25, -0.2) is 4.79 Å². The van der Waals surface area contributed by atoms with Crippen molar-refractivity contribution in [2.75, 3.05) is 14.2 Å². The standard InChI is InChI=1S/C24H20O5/c1-14-9-17(10-18(23(14)25)15-7-5-4-6-8-15)20-11-16-12-21(27-2)22(28-3)13-19(16)24(26)29-20/h4-13,25H,1-3H3. The summed E-state index contributed by atoms with van der Waals surface area (Å²) in [6.45, 7) is 1.82. The average molecular weight is 388 g/mol. The van der Waals surface area contributed by atoms with Crippen LogP contribution in [0.3, 0.4) is 0 Å². The molecule has 0 aliphatic carbocycles. The minimum Gasteiger partial charge on any atom is -0.507 e. The summed E-state index contributed by atoms with van der Waals surface area (Å²) in [6.07, 6.45) is 0. The molecule has 146 valence electrons. The summed E-state index contributed by atoms with van der Waals surface area (Å²) < 4.78 is 16.2. The molecule has 1 heterocycles. The molecular formula is C24H20O5. The molecule has 0 aliphatic heterocycles. The van der Waals surface area contributed by atoms with Crippen LogP contribution in [0.1, 0.15) is 5.56 Å². The van der Waals surface area contributed by atoms with Crippen LogP contribution in [0.25, 0.3) is 33.2 Å². The van der Waals surface area contributed by atoms with Crippen molar-refractivity contribution in [3.05, 3.63) is 76.6 Å². The maximum atomic E-state index is 12.6. The molecule has 4 rings (SSSR count). The number of methoxy groups -OCH3 is 2. The van der Waals surface area contributed by atoms with Gasteiger partial charge in [0.05, 0.1) is 19.6 Å². The molecule has 0 spiro atoms. The van der Waals surface area contributed by atoms with Gasteiger partial charge in [0.25, 0.3) is 0 Å². The Morgan fingerprint density at radius 3 is 2.24 bits per heavy atom. The molecular weight excluding hydrogens is 368 g/mol. The van der Waals surface area contributed by atoms with Gasteiger partial charge < -0.3 is 19.0 Å². The first-order valence-electron chi connectivity index (χ1n) is 9.11. The molecule has 0 amide bonds. The van der Waals surface area contributed by atoms with Crippen LogP contribution in [-0.2, 0) is 0 Å². The second-order valence-corrected chi connectivity index (χ2v) is 6.75. The molecule has 0 bridgehead atoms. The molecule has 1 N–H and O–H groups in total. The SMILES string of the molecule is COc1cc2cc(-c3cc(C)c(O)c(-c4ccccc4)c3)oc(=O)c2cc1OC. The van der Waals surface area contributed by atoms with Gasteiger partial charge in [-0.3, -0.25) is 0 Å². The lowest BCUT2D eigenvalue weighted by Gasteiger charge is -2.12. The average Bonchev–Trinajstić information content (AvgIpc) is 2.75. The lowest BCUT2D eigenvalue weighted by molar-refractivity contribution is 0.355. The first-order valence-corrected chi connectivity index (χ1v) is 9.11. The maximum absolute atomic E-state index is 12.6. The summed E-state index contributed by atoms with van der Waals surface area (Å²) in [5.41, 5.74) is 2.48. The van der Waals surface area contributed by atoms with Crippen molar-refractivity contribution >= 4 is 10.8 Å². The number of phenolic OH excluding ortho intramolecular Hbond substituents is 1. The fourth-order valence-corrected chi connectivity index (χ4v) is 3.42. The van der Waals surface area contributed by atoms with E-state index in [-0.39, 0.29) is 5.75 Å². The second-order valence-electron chi connectivity index (χ2n) is 6.75. The van der Waals surface area contributed by atoms with Crippen LogP contribution in [0.5, 0.6) is 17.2 Å². The Balaban J connectivity index is 1.93. The number of ether oxygens (including phenoxy) is 2. The lowest BCUT2D eigenvalue weighted by Crippen LogP contribution is -2.02. The van der Waals surface area contributed by atoms with Crippen molar-refractivity contribution in [1.29, 1.82) is 0 Å². The van der Waals surface area contributed by atoms with E-state index < -0.39 is 5.63 Å². The zero-order chi connectivity index (χ0) is 20.5. The molecule has 5 nitrogen and oxygen atoms in total. The van der Waals surface area contributed by atoms with Crippen molar-refractivity contribution in [2.45, 2.75) is 6.92 Å². The van der Waals surface area contributed by atoms with E-state index in [1.807, 2.05) is 43.3 Å². The third-order valence-corrected chi connectivity index (χ3v) is 4.93. The number of fused-ring (bicyclic) bond motifs is 1. The van der Waals surface area contributed by atoms with Crippen LogP contribution in [-0.4, -0.2) is 19.3 Å². The van der Waals surface area contributed by atoms with Crippen LogP contribution in [0.2, 0.25) is 0 Å². The molecule has 4 aromatic rings. The Hall–Kier alpha value is -3.73. The van der Waals surface area contributed by atoms with E-state index in [0.717, 1.165) is 5.56 Å². The topological polar surface area (TPSA) is 68.9 Å². The van der Waals surface area contributed by atoms with Crippen LogP contribution in [0.4, 0.5) is 0 Å². The van der Waals surface area contributed by atoms with Crippen molar-refractivity contribution < 1.29 is 19.0 Å². The van der Waals surface area contributed by atoms with E-state index in [4.69, 9.17) is 13.9 Å². The summed E-state index contributed by atoms with van der Waals surface area (Å²) in [5, 5.41) is 11.6. The number of hydrogen-bond acceptors (Lipinski definition) is 5. The van der Waals surface area contributed by atoms with Gasteiger partial charge in [0.1, 0.15) is 11.5 Å². The number of hydrogen-bond donors (Lipinski definition) is 1. The zero-order valence-corrected chi connectivity index (χ0v) is 16.4. The molecule has 0 atom stereocenters. The monoisotopic (exact) mass is 388 g/mol. The summed E-state index contributed by atoms with van der Waals surface area (Å²) in [5.74, 6) is 1.61. The van der Waals surface area contributed by atoms with E-state index in [0.29, 0.717) is 44.7 Å². The Kier molecular flexibility index (Phi) is 4.72. The second kappa shape index (κ2) is 7.36. The van der Waals surface area contributed by atoms with Crippen molar-refractivity contribution in [2.24, 2.45) is 0 Å². The quantitative estimate of drug-likeness (QED) is 0.523. The van der Waals surface area contributed by atoms with E-state index >= 15 is 0 Å². The zero-order valence-electron chi connectivity index (χ0n) is 16.4. The fraction of sp³-hybridized carbons (Fsp3) is 0.125. The van der Waals surface area contributed by atoms with Gasteiger partial charge in [-0.2, -0.15) is 0 Å². The summed E-state index contributed by atoms with van der Waals surface area (Å²) in [6, 6.07) is 18.4. The highest BCUT2D eigenvalue weighted by molar-refractivity contribution is 5.88. The number of aromatic hydroxyl groups is 1. The van der Waals surface area contributed by atoms with Gasteiger partial charge in [-0.05, 0) is 53.8 Å². The van der Waals surface area contributed by atoms with Gasteiger partial charge in [-0.1, -0.05) is 30.3 Å². The predicted octanol–water partition coefficient (Wildman–Crippen LogP) is 5.16. The normalized spacial score (nSPS) is 10.9. The highest BCUT2D eigenvalue weighted by Crippen LogP contribution is 2.37. The van der Waals surface area contributed by atoms with Crippen molar-refractivity contribution in [3.8, 4) is 39.7 Å². The van der Waals surface area contributed by atoms with E-state index in [9.17, 15) is 9.90 Å². The van der Waals surface area contributed by atoms with Crippen molar-refractivity contribution in [1.82, 2.24) is 0 Å². The van der Waals surface area contributed by atoms with Gasteiger partial charge in [0.2, 0.25) is 0 Å². The first-order chi connectivity index (χ1) is 14.0. The number of aryl methyl sites for hydroxylation is 1. The van der Waals surface area contributed by atoms with Crippen molar-refractivity contribution in [3.63, 3.8) is 0 Å².